The molecule has 0 aliphatic rings. The number of hydrogen-bond acceptors (Lipinski definition) is 21. The number of ether oxygens (including phenoxy) is 2. The van der Waals surface area contributed by atoms with Crippen LogP contribution in [0.1, 0.15) is 86.6 Å². The molecule has 5 N–H and O–H groups in total. The first kappa shape index (κ1) is 106. The molecule has 0 atom stereocenters. The first-order valence-corrected chi connectivity index (χ1v) is 75.3. The fourth-order valence-corrected chi connectivity index (χ4v) is 85.1. The minimum absolute atomic E-state index is 0.249. The second-order valence-electron chi connectivity index (χ2n) is 18.4. The molecular weight excluding hydrogens is 2100 g/mol. The van der Waals surface area contributed by atoms with Gasteiger partial charge in [0.2, 0.25) is 11.9 Å². The van der Waals surface area contributed by atoms with Crippen molar-refractivity contribution in [3.05, 3.63) is 94.8 Å². The lowest BCUT2D eigenvalue weighted by molar-refractivity contribution is -0.154. The van der Waals surface area contributed by atoms with Crippen molar-refractivity contribution in [2.24, 2.45) is 5.11 Å². The molecule has 105 heavy (non-hydrogen) atoms. The third kappa shape index (κ3) is 64.9. The maximum absolute atomic E-state index is 13.5. The number of aromatic nitrogens is 7. The maximum Gasteiger partial charge on any atom is 0.407 e. The normalized spacial score (nSPS) is 9.30. The second-order valence-corrected chi connectivity index (χ2v) is 76.7. The van der Waals surface area contributed by atoms with Crippen molar-refractivity contribution in [3.63, 3.8) is 0 Å². The number of azide groups is 1. The molecule has 0 radical (unpaired) electrons. The molecule has 3 heterocycles. The molecule has 1 amide bonds. The number of benzene rings is 2. The Balaban J connectivity index is 0.00000133. The second kappa shape index (κ2) is 73.9. The molecule has 0 unspecified atom stereocenters. The number of nitrogens with one attached hydrogen (secondary N) is 5. The van der Waals surface area contributed by atoms with Crippen LogP contribution < -0.4 is 26.6 Å². The molecule has 0 spiro atoms. The van der Waals surface area contributed by atoms with Gasteiger partial charge < -0.3 is 36.1 Å². The van der Waals surface area contributed by atoms with E-state index < -0.39 is 17.3 Å². The molecule has 586 valence electrons. The van der Waals surface area contributed by atoms with E-state index in [1.54, 1.807) is 326 Å². The highest BCUT2D eigenvalue weighted by Gasteiger charge is 2.18. The topological polar surface area (TPSA) is 244 Å². The summed E-state index contributed by atoms with van der Waals surface area (Å²) in [5.74, 6) is 3.50. The molecule has 0 saturated heterocycles. The molecule has 0 bridgehead atoms. The number of amides is 1. The summed E-state index contributed by atoms with van der Waals surface area (Å²) in [6.07, 6.45) is 12.6. The molecule has 60 heteroatoms. The van der Waals surface area contributed by atoms with E-state index in [0.717, 1.165) is 19.4 Å². The van der Waals surface area contributed by atoms with Crippen LogP contribution in [0, 0.1) is 24.0 Å². The van der Waals surface area contributed by atoms with Gasteiger partial charge in [-0.1, -0.05) is 42.2 Å². The van der Waals surface area contributed by atoms with Gasteiger partial charge in [0.05, 0.1) is 30.1 Å². The van der Waals surface area contributed by atoms with E-state index in [4.69, 9.17) is 66.2 Å². The van der Waals surface area contributed by atoms with Gasteiger partial charge in [0.15, 0.2) is 0 Å². The molecule has 5 rings (SSSR count). The van der Waals surface area contributed by atoms with Crippen LogP contribution in [0.15, 0.2) is 72.2 Å². The summed E-state index contributed by atoms with van der Waals surface area (Å²) < 4.78 is 38.5. The predicted molar refractivity (Wildman–Crippen MR) is 539 cm³/mol. The lowest BCUT2D eigenvalue weighted by Crippen LogP contribution is -2.34. The van der Waals surface area contributed by atoms with E-state index in [0.29, 0.717) is 90.7 Å². The third-order valence-corrected chi connectivity index (χ3v) is 77.7. The summed E-state index contributed by atoms with van der Waals surface area (Å²) >= 11 is 26.3. The smallest absolute Gasteiger partial charge is 0.407 e. The van der Waals surface area contributed by atoms with Gasteiger partial charge in [0.25, 0.3) is 0 Å². The van der Waals surface area contributed by atoms with Crippen LogP contribution in [-0.4, -0.2) is 84.4 Å². The van der Waals surface area contributed by atoms with Crippen LogP contribution in [0.5, 0.6) is 0 Å². The summed E-state index contributed by atoms with van der Waals surface area (Å²) in [6.45, 7) is 17.6. The number of alkyl carbamates (subject to hydrolysis) is 1. The van der Waals surface area contributed by atoms with Gasteiger partial charge >= 0.3 is 12.1 Å². The highest BCUT2D eigenvalue weighted by Crippen LogP contribution is 2.26. The Bertz CT molecular complexity index is 5230. The van der Waals surface area contributed by atoms with Gasteiger partial charge in [-0.15, -0.1) is 11.5 Å². The SMILES string of the molecule is C#Cc1cnc(Nc2cccc(F)c2)nc1NCCC.CC(C)(C)OC(=O)CCCN=[N+]=[N-].CCCNc1nc(Nc2cccc(F)c2)ncc1-c1cn(CCNC(=O)OC(C)(C)C)nn1.S=S.S=S=S=S=S=S=S=S=S=S=S=S=S=S=S=S=S=S.S=S=S=S=S=S=S=S=S=S=S=S=S=S=S=S=S=S=S. The van der Waals surface area contributed by atoms with Crippen LogP contribution >= 0.6 is 0 Å². The van der Waals surface area contributed by atoms with Crippen molar-refractivity contribution in [1.82, 2.24) is 40.2 Å². The number of esters is 1. The summed E-state index contributed by atoms with van der Waals surface area (Å²) in [6, 6.07) is 12.2. The average molecular weight is 2160 g/mol. The van der Waals surface area contributed by atoms with E-state index in [-0.39, 0.29) is 17.6 Å². The van der Waals surface area contributed by atoms with Crippen molar-refractivity contribution < 1.29 is 27.8 Å². The minimum atomic E-state index is -0.553. The van der Waals surface area contributed by atoms with E-state index >= 15 is 0 Å². The quantitative estimate of drug-likeness (QED) is 0.0137. The van der Waals surface area contributed by atoms with E-state index in [9.17, 15) is 18.4 Å². The Hall–Kier alpha value is 0.990. The fourth-order valence-electron chi connectivity index (χ4n) is 5.50. The van der Waals surface area contributed by atoms with E-state index in [2.05, 4.69) is 102 Å². The zero-order chi connectivity index (χ0) is 77.9. The van der Waals surface area contributed by atoms with Gasteiger partial charge in [0, 0.05) is 415 Å². The molecule has 3 aromatic heterocycles. The molecular formula is C45H59F2N15O4S39. The number of halogens is 2. The average Bonchev–Trinajstić information content (AvgIpc) is 1.72. The lowest BCUT2D eigenvalue weighted by atomic mass is 10.2. The molecule has 5 aromatic rings. The van der Waals surface area contributed by atoms with Crippen molar-refractivity contribution >= 4 is 407 Å². The zero-order valence-electron chi connectivity index (χ0n) is 54.6. The number of carbonyl (C=O) groups excluding carboxylic acids is 2. The van der Waals surface area contributed by atoms with Crippen molar-refractivity contribution in [2.75, 3.05) is 47.4 Å². The summed E-state index contributed by atoms with van der Waals surface area (Å²) in [5, 5.41) is 26.7. The largest absolute Gasteiger partial charge is 0.460 e. The van der Waals surface area contributed by atoms with Gasteiger partial charge in [-0.3, -0.25) is 9.48 Å². The zero-order valence-corrected chi connectivity index (χ0v) is 86.4. The van der Waals surface area contributed by atoms with Gasteiger partial charge in [-0.25, -0.2) is 23.5 Å². The van der Waals surface area contributed by atoms with Gasteiger partial charge in [-0.05, 0) is 103 Å². The Morgan fingerprint density at radius 1 is 0.590 bits per heavy atom. The van der Waals surface area contributed by atoms with Crippen LogP contribution in [0.25, 0.3) is 21.7 Å². The van der Waals surface area contributed by atoms with Crippen LogP contribution in [0.4, 0.5) is 48.5 Å². The summed E-state index contributed by atoms with van der Waals surface area (Å²) in [7, 11) is 56.2. The number of hydrogen-bond donors (Lipinski definition) is 5. The van der Waals surface area contributed by atoms with Crippen molar-refractivity contribution in [1.29, 1.82) is 0 Å². The number of rotatable bonds is 18. The highest BCUT2D eigenvalue weighted by atomic mass is 33.5. The number of carbonyl (C=O) groups is 2. The maximum atomic E-state index is 13.5. The van der Waals surface area contributed by atoms with Gasteiger partial charge in [0.1, 0.15) is 40.2 Å². The third-order valence-electron chi connectivity index (χ3n) is 8.79. The lowest BCUT2D eigenvalue weighted by Gasteiger charge is -2.19. The van der Waals surface area contributed by atoms with Crippen LogP contribution in [0.2, 0.25) is 0 Å². The predicted octanol–water partition coefficient (Wildman–Crippen LogP) is 9.45. The van der Waals surface area contributed by atoms with Crippen LogP contribution in [-0.2, 0) is 381 Å². The molecule has 19 nitrogen and oxygen atoms in total. The standard InChI is InChI=1S/C22H29FN8O2.C15H15FN4.C8H15N3O2.S19.S18.S2/c1-5-9-24-19-17(13-26-20(28-19)27-16-8-6-7-15(23)12-16)18-14-31(30-29-18)11-10-25-21(32)33-22(2,3)4;1-3-8-17-14-11(4-2)10-18-15(20-14)19-13-7-5-6-12(16)9-13;1-8(2,3)13-7(12)5-4-6-10-11-9;1-3-5-7-9-11-13-15-17-19-18-16-14-12-10-8-6-4-2;1-3-5-7-9-11-13-15-17-18-16-14-12-10-8-6-4-2;1-2/h6-8,12-14H,5,9-11H2,1-4H3,(H,25,32)(H2,24,26,27,28);2,5-7,9-10H,3,8H2,1H3,(H2,17,18,19,20);4-6H2,1-3H3;;;. The Morgan fingerprint density at radius 2 is 0.981 bits per heavy atom. The Labute approximate surface area is 732 Å². The monoisotopic (exact) mass is 2160 g/mol. The highest BCUT2D eigenvalue weighted by molar-refractivity contribution is 8.79. The van der Waals surface area contributed by atoms with Crippen LogP contribution in [0.3, 0.4) is 0 Å². The molecule has 0 aliphatic heterocycles. The van der Waals surface area contributed by atoms with Crippen molar-refractivity contribution in [3.8, 4) is 23.6 Å². The van der Waals surface area contributed by atoms with Gasteiger partial charge in [-0.2, -0.15) is 9.97 Å². The number of anilines is 6. The molecule has 0 fully saturated rings. The Morgan fingerprint density at radius 3 is 1.35 bits per heavy atom. The number of terminal acetylenes is 1. The minimum Gasteiger partial charge on any atom is -0.460 e. The number of nitrogens with zero attached hydrogens (tertiary/aromatic N) is 10. The van der Waals surface area contributed by atoms with E-state index in [1.165, 1.54) is 59.8 Å². The molecule has 2 aromatic carbocycles. The first-order valence-electron chi connectivity index (χ1n) is 27.3. The summed E-state index contributed by atoms with van der Waals surface area (Å²) in [5.41, 5.74) is 9.97. The fraction of sp³-hybridized carbons (Fsp3) is 0.422. The van der Waals surface area contributed by atoms with E-state index in [1.807, 2.05) is 27.7 Å². The summed E-state index contributed by atoms with van der Waals surface area (Å²) in [4.78, 5) is 42.7. The molecule has 0 saturated carbocycles. The Kier molecular flexibility index (Phi) is 74.5. The first-order chi connectivity index (χ1) is 50.7. The molecule has 0 aliphatic carbocycles. The van der Waals surface area contributed by atoms with Crippen molar-refractivity contribution in [2.45, 2.75) is 98.8 Å².